The lowest BCUT2D eigenvalue weighted by Crippen LogP contribution is -2.31. The van der Waals surface area contributed by atoms with Crippen molar-refractivity contribution in [2.75, 3.05) is 29.9 Å². The predicted octanol–water partition coefficient (Wildman–Crippen LogP) is 2.36. The number of hydrogen-bond acceptors (Lipinski definition) is 6. The Hall–Kier alpha value is -2.24. The number of aromatic nitrogens is 4. The van der Waals surface area contributed by atoms with Gasteiger partial charge in [-0.1, -0.05) is 6.07 Å². The van der Waals surface area contributed by atoms with Crippen LogP contribution in [-0.2, 0) is 0 Å². The van der Waals surface area contributed by atoms with Crippen LogP contribution in [0.5, 0.6) is 0 Å². The normalized spacial score (nSPS) is 15.0. The van der Waals surface area contributed by atoms with E-state index in [1.165, 1.54) is 19.3 Å². The van der Waals surface area contributed by atoms with Crippen molar-refractivity contribution >= 4 is 11.9 Å². The lowest BCUT2D eigenvalue weighted by atomic mass is 10.1. The first-order valence-electron chi connectivity index (χ1n) is 7.53. The van der Waals surface area contributed by atoms with Crippen molar-refractivity contribution in [1.29, 1.82) is 0 Å². The highest BCUT2D eigenvalue weighted by molar-refractivity contribution is 5.53. The molecule has 0 radical (unpaired) electrons. The van der Waals surface area contributed by atoms with Crippen molar-refractivity contribution in [1.82, 2.24) is 19.9 Å². The fourth-order valence-corrected chi connectivity index (χ4v) is 2.45. The summed E-state index contributed by atoms with van der Waals surface area (Å²) in [6.07, 6.45) is 5.43. The average molecular weight is 284 g/mol. The number of nitrogens with one attached hydrogen (secondary N) is 1. The van der Waals surface area contributed by atoms with Crippen molar-refractivity contribution in [2.45, 2.75) is 26.2 Å². The highest BCUT2D eigenvalue weighted by Gasteiger charge is 2.17. The van der Waals surface area contributed by atoms with E-state index in [1.807, 2.05) is 25.1 Å². The van der Waals surface area contributed by atoms with E-state index in [2.05, 4.69) is 30.2 Å². The third kappa shape index (κ3) is 3.26. The molecule has 2 aromatic heterocycles. The molecule has 1 aliphatic rings. The molecule has 0 amide bonds. The summed E-state index contributed by atoms with van der Waals surface area (Å²) >= 11 is 0. The number of rotatable bonds is 4. The van der Waals surface area contributed by atoms with Crippen LogP contribution < -0.4 is 10.2 Å². The largest absolute Gasteiger partial charge is 0.354 e. The molecule has 0 spiro atoms. The Morgan fingerprint density at radius 2 is 1.95 bits per heavy atom. The molecular formula is C15H20N6. The van der Waals surface area contributed by atoms with Crippen LogP contribution in [0.3, 0.4) is 0 Å². The van der Waals surface area contributed by atoms with Gasteiger partial charge in [0.05, 0.1) is 0 Å². The van der Waals surface area contributed by atoms with E-state index in [9.17, 15) is 0 Å². The second-order valence-electron chi connectivity index (χ2n) is 5.08. The molecule has 0 aliphatic carbocycles. The molecule has 1 N–H and O–H groups in total. The first-order chi connectivity index (χ1) is 10.4. The maximum absolute atomic E-state index is 4.61. The molecule has 2 aromatic rings. The van der Waals surface area contributed by atoms with Gasteiger partial charge in [0.1, 0.15) is 5.69 Å². The molecule has 6 heteroatoms. The van der Waals surface area contributed by atoms with Crippen molar-refractivity contribution < 1.29 is 0 Å². The summed E-state index contributed by atoms with van der Waals surface area (Å²) in [4.78, 5) is 20.2. The Balaban J connectivity index is 1.97. The van der Waals surface area contributed by atoms with E-state index in [-0.39, 0.29) is 0 Å². The van der Waals surface area contributed by atoms with Gasteiger partial charge in [-0.3, -0.25) is 4.98 Å². The van der Waals surface area contributed by atoms with Gasteiger partial charge in [-0.25, -0.2) is 0 Å². The maximum Gasteiger partial charge on any atom is 0.230 e. The molecular weight excluding hydrogens is 264 g/mol. The Morgan fingerprint density at radius 3 is 2.67 bits per heavy atom. The van der Waals surface area contributed by atoms with Gasteiger partial charge in [0.2, 0.25) is 11.9 Å². The quantitative estimate of drug-likeness (QED) is 0.929. The van der Waals surface area contributed by atoms with Crippen molar-refractivity contribution in [3.8, 4) is 11.5 Å². The monoisotopic (exact) mass is 284 g/mol. The van der Waals surface area contributed by atoms with Gasteiger partial charge in [0, 0.05) is 25.8 Å². The highest BCUT2D eigenvalue weighted by atomic mass is 15.3. The van der Waals surface area contributed by atoms with Crippen LogP contribution in [0.25, 0.3) is 11.5 Å². The van der Waals surface area contributed by atoms with E-state index in [1.54, 1.807) is 6.20 Å². The van der Waals surface area contributed by atoms with Crippen LogP contribution in [-0.4, -0.2) is 39.6 Å². The minimum absolute atomic E-state index is 0.619. The molecule has 0 unspecified atom stereocenters. The number of anilines is 2. The second kappa shape index (κ2) is 6.47. The van der Waals surface area contributed by atoms with Crippen LogP contribution >= 0.6 is 0 Å². The molecule has 1 saturated heterocycles. The van der Waals surface area contributed by atoms with Crippen molar-refractivity contribution in [2.24, 2.45) is 0 Å². The number of nitrogens with zero attached hydrogens (tertiary/aromatic N) is 5. The zero-order chi connectivity index (χ0) is 14.5. The second-order valence-corrected chi connectivity index (χ2v) is 5.08. The van der Waals surface area contributed by atoms with Crippen molar-refractivity contribution in [3.05, 3.63) is 24.4 Å². The smallest absolute Gasteiger partial charge is 0.230 e. The van der Waals surface area contributed by atoms with E-state index in [4.69, 9.17) is 0 Å². The fourth-order valence-electron chi connectivity index (χ4n) is 2.45. The highest BCUT2D eigenvalue weighted by Crippen LogP contribution is 2.20. The molecule has 0 aromatic carbocycles. The van der Waals surface area contributed by atoms with Crippen LogP contribution in [0.1, 0.15) is 26.2 Å². The molecule has 0 saturated carbocycles. The zero-order valence-electron chi connectivity index (χ0n) is 12.3. The Morgan fingerprint density at radius 1 is 1.10 bits per heavy atom. The Bertz CT molecular complexity index is 580. The van der Waals surface area contributed by atoms with Gasteiger partial charge in [-0.15, -0.1) is 0 Å². The van der Waals surface area contributed by atoms with Gasteiger partial charge >= 0.3 is 0 Å². The Labute approximate surface area is 124 Å². The third-order valence-corrected chi connectivity index (χ3v) is 3.49. The molecule has 21 heavy (non-hydrogen) atoms. The van der Waals surface area contributed by atoms with Gasteiger partial charge in [0.15, 0.2) is 5.82 Å². The van der Waals surface area contributed by atoms with Crippen molar-refractivity contribution in [3.63, 3.8) is 0 Å². The molecule has 6 nitrogen and oxygen atoms in total. The minimum atomic E-state index is 0.619. The maximum atomic E-state index is 4.61. The van der Waals surface area contributed by atoms with E-state index < -0.39 is 0 Å². The standard InChI is InChI=1S/C15H20N6/c1-2-16-14-18-13(12-8-4-5-9-17-12)19-15(20-14)21-10-6-3-7-11-21/h4-5,8-9H,2-3,6-7,10-11H2,1H3,(H,16,18,19,20). The first kappa shape index (κ1) is 13.7. The van der Waals surface area contributed by atoms with Gasteiger partial charge in [-0.05, 0) is 38.3 Å². The molecule has 3 rings (SSSR count). The lowest BCUT2D eigenvalue weighted by Gasteiger charge is -2.26. The van der Waals surface area contributed by atoms with Crippen LogP contribution in [0.4, 0.5) is 11.9 Å². The third-order valence-electron chi connectivity index (χ3n) is 3.49. The first-order valence-corrected chi connectivity index (χ1v) is 7.53. The lowest BCUT2D eigenvalue weighted by molar-refractivity contribution is 0.568. The Kier molecular flexibility index (Phi) is 4.23. The van der Waals surface area contributed by atoms with Crippen LogP contribution in [0.2, 0.25) is 0 Å². The predicted molar refractivity (Wildman–Crippen MR) is 83.3 cm³/mol. The molecule has 3 heterocycles. The van der Waals surface area contributed by atoms with Crippen LogP contribution in [0, 0.1) is 0 Å². The number of piperidine rings is 1. The summed E-state index contributed by atoms with van der Waals surface area (Å²) < 4.78 is 0. The summed E-state index contributed by atoms with van der Waals surface area (Å²) in [6.45, 7) is 4.84. The summed E-state index contributed by atoms with van der Waals surface area (Å²) in [5.41, 5.74) is 0.775. The molecule has 0 bridgehead atoms. The SMILES string of the molecule is CCNc1nc(-c2ccccn2)nc(N2CCCCC2)n1. The molecule has 1 fully saturated rings. The summed E-state index contributed by atoms with van der Waals surface area (Å²) in [7, 11) is 0. The number of pyridine rings is 1. The van der Waals surface area contributed by atoms with E-state index in [0.29, 0.717) is 11.8 Å². The molecule has 0 atom stereocenters. The summed E-state index contributed by atoms with van der Waals surface area (Å²) in [5.74, 6) is 2.00. The minimum Gasteiger partial charge on any atom is -0.354 e. The zero-order valence-corrected chi connectivity index (χ0v) is 12.3. The molecule has 110 valence electrons. The van der Waals surface area contributed by atoms with E-state index >= 15 is 0 Å². The average Bonchev–Trinajstić information content (AvgIpc) is 2.56. The van der Waals surface area contributed by atoms with Gasteiger partial charge in [-0.2, -0.15) is 15.0 Å². The number of hydrogen-bond donors (Lipinski definition) is 1. The van der Waals surface area contributed by atoms with Gasteiger partial charge < -0.3 is 10.2 Å². The summed E-state index contributed by atoms with van der Waals surface area (Å²) in [6, 6.07) is 5.76. The summed E-state index contributed by atoms with van der Waals surface area (Å²) in [5, 5.41) is 3.18. The molecule has 1 aliphatic heterocycles. The van der Waals surface area contributed by atoms with Crippen LogP contribution in [0.15, 0.2) is 24.4 Å². The van der Waals surface area contributed by atoms with E-state index in [0.717, 1.165) is 31.3 Å². The van der Waals surface area contributed by atoms with Gasteiger partial charge in [0.25, 0.3) is 0 Å². The fraction of sp³-hybridized carbons (Fsp3) is 0.467. The topological polar surface area (TPSA) is 66.8 Å².